The van der Waals surface area contributed by atoms with Gasteiger partial charge in [0.25, 0.3) is 0 Å². The summed E-state index contributed by atoms with van der Waals surface area (Å²) in [6.45, 7) is 4.96. The Labute approximate surface area is 156 Å². The van der Waals surface area contributed by atoms with Crippen molar-refractivity contribution in [2.75, 3.05) is 0 Å². The van der Waals surface area contributed by atoms with Gasteiger partial charge >= 0.3 is 0 Å². The predicted molar refractivity (Wildman–Crippen MR) is 100 cm³/mol. The number of rotatable bonds is 5. The molecule has 0 fully saturated rings. The van der Waals surface area contributed by atoms with Gasteiger partial charge in [-0.15, -0.1) is 0 Å². The second-order valence-corrected chi connectivity index (χ2v) is 7.36. The maximum absolute atomic E-state index is 6.14. The Morgan fingerprint density at radius 3 is 2.38 bits per heavy atom. The molecule has 0 amide bonds. The lowest BCUT2D eigenvalue weighted by atomic mass is 10.1. The highest BCUT2D eigenvalue weighted by molar-refractivity contribution is 7.99. The molecular weight excluding hydrogens is 361 g/mol. The van der Waals surface area contributed by atoms with Crippen LogP contribution in [0.5, 0.6) is 0 Å². The van der Waals surface area contributed by atoms with Crippen molar-refractivity contribution in [1.29, 1.82) is 0 Å². The molecule has 0 radical (unpaired) electrons. The Morgan fingerprint density at radius 1 is 1.08 bits per heavy atom. The van der Waals surface area contributed by atoms with E-state index in [1.54, 1.807) is 17.8 Å². The molecule has 0 aliphatic rings. The fourth-order valence-electron chi connectivity index (χ4n) is 2.53. The van der Waals surface area contributed by atoms with E-state index in [4.69, 9.17) is 23.2 Å². The molecule has 0 aliphatic heterocycles. The highest BCUT2D eigenvalue weighted by Gasteiger charge is 2.16. The van der Waals surface area contributed by atoms with Gasteiger partial charge in [0.05, 0.1) is 5.69 Å². The van der Waals surface area contributed by atoms with E-state index in [1.165, 1.54) is 11.1 Å². The van der Waals surface area contributed by atoms with E-state index in [2.05, 4.69) is 23.9 Å². The lowest BCUT2D eigenvalue weighted by molar-refractivity contribution is 0.599. The first-order valence-electron chi connectivity index (χ1n) is 7.66. The molecule has 1 aromatic carbocycles. The first kappa shape index (κ1) is 17.3. The minimum atomic E-state index is 0.639. The Balaban J connectivity index is 1.99. The Morgan fingerprint density at radius 2 is 1.75 bits per heavy atom. The zero-order chi connectivity index (χ0) is 17.1. The van der Waals surface area contributed by atoms with Crippen molar-refractivity contribution in [2.45, 2.75) is 36.7 Å². The van der Waals surface area contributed by atoms with E-state index in [1.807, 2.05) is 41.3 Å². The smallest absolute Gasteiger partial charge is 0.103 e. The van der Waals surface area contributed by atoms with Gasteiger partial charge in [0.2, 0.25) is 0 Å². The van der Waals surface area contributed by atoms with E-state index in [0.717, 1.165) is 28.6 Å². The summed E-state index contributed by atoms with van der Waals surface area (Å²) in [5.74, 6) is 0. The van der Waals surface area contributed by atoms with Crippen molar-refractivity contribution < 1.29 is 0 Å². The molecule has 24 heavy (non-hydrogen) atoms. The van der Waals surface area contributed by atoms with Crippen molar-refractivity contribution in [3.8, 4) is 0 Å². The van der Waals surface area contributed by atoms with Gasteiger partial charge in [-0.2, -0.15) is 5.10 Å². The highest BCUT2D eigenvalue weighted by atomic mass is 35.5. The van der Waals surface area contributed by atoms with Gasteiger partial charge < -0.3 is 0 Å². The molecule has 0 spiro atoms. The number of halogens is 2. The van der Waals surface area contributed by atoms with Crippen LogP contribution in [-0.4, -0.2) is 14.8 Å². The highest BCUT2D eigenvalue weighted by Crippen LogP contribution is 2.36. The zero-order valence-electron chi connectivity index (χ0n) is 13.5. The van der Waals surface area contributed by atoms with Crippen LogP contribution in [0, 0.1) is 6.92 Å². The molecule has 124 valence electrons. The van der Waals surface area contributed by atoms with Crippen molar-refractivity contribution >= 4 is 35.0 Å². The Hall–Kier alpha value is -1.49. The fourth-order valence-corrected chi connectivity index (χ4v) is 4.40. The van der Waals surface area contributed by atoms with Crippen LogP contribution in [0.25, 0.3) is 0 Å². The van der Waals surface area contributed by atoms with Crippen LogP contribution in [0.4, 0.5) is 0 Å². The first-order valence-corrected chi connectivity index (χ1v) is 9.23. The number of pyridine rings is 1. The summed E-state index contributed by atoms with van der Waals surface area (Å²) < 4.78 is 2.03. The minimum absolute atomic E-state index is 0.639. The summed E-state index contributed by atoms with van der Waals surface area (Å²) in [6, 6.07) is 9.67. The van der Waals surface area contributed by atoms with Gasteiger partial charge in [-0.25, -0.2) is 0 Å². The van der Waals surface area contributed by atoms with Gasteiger partial charge in [0.15, 0.2) is 0 Å². The standard InChI is InChI=1S/C18H17Cl2N3S/c1-3-23-18(24-16-10-14(19)9-15(20)11-16)17(12(2)22-23)8-13-4-6-21-7-5-13/h4-7,9-11H,3,8H2,1-2H3. The third-order valence-corrected chi connectivity index (χ3v) is 5.24. The molecule has 3 rings (SSSR count). The quantitative estimate of drug-likeness (QED) is 0.574. The molecule has 3 aromatic rings. The molecule has 0 saturated carbocycles. The second kappa shape index (κ2) is 7.60. The number of nitrogens with zero attached hydrogens (tertiary/aromatic N) is 3. The average Bonchev–Trinajstić information content (AvgIpc) is 2.83. The van der Waals surface area contributed by atoms with Gasteiger partial charge in [-0.3, -0.25) is 9.67 Å². The number of benzene rings is 1. The molecule has 0 aliphatic carbocycles. The molecule has 0 atom stereocenters. The Kier molecular flexibility index (Phi) is 5.49. The summed E-state index contributed by atoms with van der Waals surface area (Å²) in [5, 5.41) is 7.09. The molecule has 3 nitrogen and oxygen atoms in total. The molecule has 0 saturated heterocycles. The van der Waals surface area contributed by atoms with Crippen LogP contribution in [-0.2, 0) is 13.0 Å². The summed E-state index contributed by atoms with van der Waals surface area (Å²) in [5.41, 5.74) is 3.49. The molecule has 2 heterocycles. The number of hydrogen-bond donors (Lipinski definition) is 0. The average molecular weight is 378 g/mol. The van der Waals surface area contributed by atoms with Gasteiger partial charge in [-0.05, 0) is 49.7 Å². The largest absolute Gasteiger partial charge is 0.265 e. The zero-order valence-corrected chi connectivity index (χ0v) is 15.8. The molecule has 2 aromatic heterocycles. The molecular formula is C18H17Cl2N3S. The number of aryl methyl sites for hydroxylation is 2. The van der Waals surface area contributed by atoms with Crippen molar-refractivity contribution in [3.05, 3.63) is 69.6 Å². The SMILES string of the molecule is CCn1nc(C)c(Cc2ccncc2)c1Sc1cc(Cl)cc(Cl)c1. The van der Waals surface area contributed by atoms with Crippen LogP contribution < -0.4 is 0 Å². The van der Waals surface area contributed by atoms with E-state index in [-0.39, 0.29) is 0 Å². The van der Waals surface area contributed by atoms with Crippen molar-refractivity contribution in [3.63, 3.8) is 0 Å². The third-order valence-electron chi connectivity index (χ3n) is 3.68. The van der Waals surface area contributed by atoms with Gasteiger partial charge in [-0.1, -0.05) is 35.0 Å². The minimum Gasteiger partial charge on any atom is -0.265 e. The first-order chi connectivity index (χ1) is 11.6. The predicted octanol–water partition coefficient (Wildman–Crippen LogP) is 5.66. The lowest BCUT2D eigenvalue weighted by Crippen LogP contribution is -1.99. The summed E-state index contributed by atoms with van der Waals surface area (Å²) in [4.78, 5) is 5.10. The van der Waals surface area contributed by atoms with Gasteiger partial charge in [0, 0.05) is 45.9 Å². The monoisotopic (exact) mass is 377 g/mol. The molecule has 0 unspecified atom stereocenters. The Bertz CT molecular complexity index is 827. The van der Waals surface area contributed by atoms with Crippen LogP contribution in [0.3, 0.4) is 0 Å². The van der Waals surface area contributed by atoms with Crippen molar-refractivity contribution in [1.82, 2.24) is 14.8 Å². The van der Waals surface area contributed by atoms with Crippen LogP contribution in [0.15, 0.2) is 52.6 Å². The third kappa shape index (κ3) is 3.94. The van der Waals surface area contributed by atoms with E-state index in [0.29, 0.717) is 10.0 Å². The van der Waals surface area contributed by atoms with Crippen molar-refractivity contribution in [2.24, 2.45) is 0 Å². The number of hydrogen-bond acceptors (Lipinski definition) is 3. The number of aromatic nitrogens is 3. The molecule has 6 heteroatoms. The molecule has 0 N–H and O–H groups in total. The summed E-state index contributed by atoms with van der Waals surface area (Å²) >= 11 is 13.9. The normalized spacial score (nSPS) is 11.0. The maximum Gasteiger partial charge on any atom is 0.103 e. The van der Waals surface area contributed by atoms with Crippen LogP contribution in [0.2, 0.25) is 10.0 Å². The summed E-state index contributed by atoms with van der Waals surface area (Å²) in [7, 11) is 0. The topological polar surface area (TPSA) is 30.7 Å². The van der Waals surface area contributed by atoms with Crippen LogP contribution in [0.1, 0.15) is 23.7 Å². The van der Waals surface area contributed by atoms with E-state index < -0.39 is 0 Å². The summed E-state index contributed by atoms with van der Waals surface area (Å²) in [6.07, 6.45) is 4.46. The van der Waals surface area contributed by atoms with Crippen LogP contribution >= 0.6 is 35.0 Å². The maximum atomic E-state index is 6.14. The van der Waals surface area contributed by atoms with E-state index >= 15 is 0 Å². The fraction of sp³-hybridized carbons (Fsp3) is 0.222. The van der Waals surface area contributed by atoms with Gasteiger partial charge in [0.1, 0.15) is 5.03 Å². The second-order valence-electron chi connectivity index (χ2n) is 5.42. The lowest BCUT2D eigenvalue weighted by Gasteiger charge is -2.09. The molecule has 0 bridgehead atoms. The van der Waals surface area contributed by atoms with E-state index in [9.17, 15) is 0 Å².